The average molecular weight is 730 g/mol. The van der Waals surface area contributed by atoms with Gasteiger partial charge in [-0.3, -0.25) is 14.2 Å². The number of rotatable bonds is 36. The summed E-state index contributed by atoms with van der Waals surface area (Å²) in [6.45, 7) is 4.17. The summed E-state index contributed by atoms with van der Waals surface area (Å²) in [4.78, 5) is 37.3. The summed E-state index contributed by atoms with van der Waals surface area (Å²) in [5.41, 5.74) is 0. The third-order valence-corrected chi connectivity index (χ3v) is 9.44. The number of allylic oxidation sites excluding steroid dienone is 4. The molecule has 0 aromatic heterocycles. The molecule has 10 heteroatoms. The fourth-order valence-electron chi connectivity index (χ4n) is 5.27. The quantitative estimate of drug-likeness (QED) is 0.0206. The molecule has 294 valence electrons. The summed E-state index contributed by atoms with van der Waals surface area (Å²) in [7, 11) is 1.16. The molecule has 0 heterocycles. The van der Waals surface area contributed by atoms with Crippen LogP contribution in [0, 0.1) is 0 Å². The Morgan fingerprint density at radius 1 is 0.620 bits per heavy atom. The number of nitrogens with zero attached hydrogens (tertiary/aromatic N) is 1. The molecular formula is C40H76NO8P. The van der Waals surface area contributed by atoms with Crippen molar-refractivity contribution in [1.29, 1.82) is 0 Å². The van der Waals surface area contributed by atoms with Gasteiger partial charge in [0.15, 0.2) is 6.10 Å². The minimum absolute atomic E-state index is 0.0322. The van der Waals surface area contributed by atoms with Gasteiger partial charge in [-0.15, -0.1) is 0 Å². The monoisotopic (exact) mass is 730 g/mol. The van der Waals surface area contributed by atoms with Crippen LogP contribution >= 0.6 is 7.82 Å². The molecule has 0 aromatic rings. The molecular weight excluding hydrogens is 653 g/mol. The molecule has 0 saturated heterocycles. The van der Waals surface area contributed by atoms with Crippen LogP contribution < -0.4 is 4.89 Å². The Balaban J connectivity index is 4.44. The highest BCUT2D eigenvalue weighted by molar-refractivity contribution is 7.45. The molecule has 0 bridgehead atoms. The van der Waals surface area contributed by atoms with Gasteiger partial charge in [-0.05, 0) is 44.9 Å². The number of ether oxygens (including phenoxy) is 2. The van der Waals surface area contributed by atoms with Crippen molar-refractivity contribution in [2.24, 2.45) is 0 Å². The van der Waals surface area contributed by atoms with Crippen LogP contribution in [0.15, 0.2) is 24.3 Å². The molecule has 0 radical (unpaired) electrons. The van der Waals surface area contributed by atoms with Gasteiger partial charge >= 0.3 is 11.9 Å². The predicted octanol–water partition coefficient (Wildman–Crippen LogP) is 10.2. The van der Waals surface area contributed by atoms with Crippen molar-refractivity contribution in [3.63, 3.8) is 0 Å². The van der Waals surface area contributed by atoms with E-state index in [1.54, 1.807) is 0 Å². The second kappa shape index (κ2) is 33.3. The Morgan fingerprint density at radius 2 is 1.08 bits per heavy atom. The normalized spacial score (nSPS) is 14.0. The van der Waals surface area contributed by atoms with Crippen LogP contribution in [0.4, 0.5) is 0 Å². The molecule has 9 nitrogen and oxygen atoms in total. The molecule has 1 unspecified atom stereocenters. The minimum Gasteiger partial charge on any atom is -0.756 e. The Morgan fingerprint density at radius 3 is 1.62 bits per heavy atom. The van der Waals surface area contributed by atoms with E-state index in [1.165, 1.54) is 77.0 Å². The maximum absolute atomic E-state index is 12.6. The molecule has 2 atom stereocenters. The highest BCUT2D eigenvalue weighted by Crippen LogP contribution is 2.38. The van der Waals surface area contributed by atoms with Gasteiger partial charge in [0.2, 0.25) is 0 Å². The number of phosphoric acid groups is 1. The van der Waals surface area contributed by atoms with Crippen molar-refractivity contribution >= 4 is 19.8 Å². The summed E-state index contributed by atoms with van der Waals surface area (Å²) in [5, 5.41) is 0. The lowest BCUT2D eigenvalue weighted by atomic mass is 10.1. The number of phosphoric ester groups is 1. The molecule has 0 aliphatic heterocycles. The lowest BCUT2D eigenvalue weighted by molar-refractivity contribution is -0.870. The van der Waals surface area contributed by atoms with Gasteiger partial charge in [-0.2, -0.15) is 0 Å². The summed E-state index contributed by atoms with van der Waals surface area (Å²) in [6, 6.07) is 0. The maximum Gasteiger partial charge on any atom is 0.306 e. The van der Waals surface area contributed by atoms with Crippen LogP contribution in [-0.2, 0) is 32.7 Å². The molecule has 0 fully saturated rings. The van der Waals surface area contributed by atoms with Crippen LogP contribution in [-0.4, -0.2) is 70.0 Å². The van der Waals surface area contributed by atoms with Gasteiger partial charge in [-0.1, -0.05) is 134 Å². The van der Waals surface area contributed by atoms with E-state index in [4.69, 9.17) is 18.5 Å². The average Bonchev–Trinajstić information content (AvgIpc) is 3.06. The van der Waals surface area contributed by atoms with Gasteiger partial charge < -0.3 is 27.9 Å². The van der Waals surface area contributed by atoms with E-state index >= 15 is 0 Å². The van der Waals surface area contributed by atoms with E-state index in [-0.39, 0.29) is 32.0 Å². The van der Waals surface area contributed by atoms with Crippen LogP contribution in [0.1, 0.15) is 168 Å². The Labute approximate surface area is 307 Å². The standard InChI is InChI=1S/C40H76NO8P/c1-6-8-10-12-14-16-18-19-20-21-23-25-27-29-31-33-40(43)49-38(37-48-50(44,45)47-35-34-41(3,4)5)36-46-39(42)32-30-28-26-24-22-17-15-13-11-9-7-2/h14,16,19-20,38H,6-13,15,17-18,21-37H2,1-5H3/b16-14-,20-19-/t38-/m1/s1. The number of unbranched alkanes of at least 4 members (excludes halogenated alkanes) is 18. The number of likely N-dealkylation sites (N-methyl/N-ethyl adjacent to an activating group) is 1. The van der Waals surface area contributed by atoms with Gasteiger partial charge in [0.05, 0.1) is 27.7 Å². The highest BCUT2D eigenvalue weighted by Gasteiger charge is 2.21. The van der Waals surface area contributed by atoms with E-state index in [9.17, 15) is 19.0 Å². The van der Waals surface area contributed by atoms with Gasteiger partial charge in [0.25, 0.3) is 7.82 Å². The van der Waals surface area contributed by atoms with E-state index in [0.29, 0.717) is 17.4 Å². The third kappa shape index (κ3) is 36.3. The third-order valence-electron chi connectivity index (χ3n) is 8.47. The molecule has 0 spiro atoms. The first-order chi connectivity index (χ1) is 24.0. The van der Waals surface area contributed by atoms with E-state index in [2.05, 4.69) is 38.2 Å². The first-order valence-corrected chi connectivity index (χ1v) is 21.5. The van der Waals surface area contributed by atoms with Crippen molar-refractivity contribution < 1.29 is 42.1 Å². The van der Waals surface area contributed by atoms with Crippen LogP contribution in [0.3, 0.4) is 0 Å². The zero-order valence-corrected chi connectivity index (χ0v) is 33.7. The van der Waals surface area contributed by atoms with Crippen molar-refractivity contribution in [1.82, 2.24) is 0 Å². The minimum atomic E-state index is -4.62. The lowest BCUT2D eigenvalue weighted by Gasteiger charge is -2.28. The number of carbonyl (C=O) groups excluding carboxylic acids is 2. The van der Waals surface area contributed by atoms with Gasteiger partial charge in [-0.25, -0.2) is 0 Å². The number of carbonyl (C=O) groups is 2. The molecule has 0 amide bonds. The van der Waals surface area contributed by atoms with Crippen molar-refractivity contribution in [3.05, 3.63) is 24.3 Å². The Hall–Kier alpha value is -1.51. The first-order valence-electron chi connectivity index (χ1n) is 20.0. The molecule has 50 heavy (non-hydrogen) atoms. The van der Waals surface area contributed by atoms with Crippen LogP contribution in [0.5, 0.6) is 0 Å². The van der Waals surface area contributed by atoms with Crippen LogP contribution in [0.2, 0.25) is 0 Å². The van der Waals surface area contributed by atoms with Crippen molar-refractivity contribution in [2.45, 2.75) is 174 Å². The van der Waals surface area contributed by atoms with Gasteiger partial charge in [0.1, 0.15) is 19.8 Å². The fourth-order valence-corrected chi connectivity index (χ4v) is 6.00. The number of hydrogen-bond acceptors (Lipinski definition) is 8. The summed E-state index contributed by atoms with van der Waals surface area (Å²) in [5.74, 6) is -0.849. The molecule has 0 aliphatic rings. The topological polar surface area (TPSA) is 111 Å². The van der Waals surface area contributed by atoms with Crippen molar-refractivity contribution in [3.8, 4) is 0 Å². The van der Waals surface area contributed by atoms with Crippen molar-refractivity contribution in [2.75, 3.05) is 47.5 Å². The molecule has 0 aromatic carbocycles. The number of quaternary nitrogens is 1. The molecule has 0 rings (SSSR count). The summed E-state index contributed by atoms with van der Waals surface area (Å²) >= 11 is 0. The largest absolute Gasteiger partial charge is 0.756 e. The molecule has 0 N–H and O–H groups in total. The predicted molar refractivity (Wildman–Crippen MR) is 204 cm³/mol. The van der Waals surface area contributed by atoms with E-state index in [0.717, 1.165) is 57.8 Å². The zero-order chi connectivity index (χ0) is 37.2. The first kappa shape index (κ1) is 48.5. The number of hydrogen-bond donors (Lipinski definition) is 0. The smallest absolute Gasteiger partial charge is 0.306 e. The number of esters is 2. The van der Waals surface area contributed by atoms with E-state index < -0.39 is 26.5 Å². The maximum atomic E-state index is 12.6. The SMILES string of the molecule is CCCCC/C=C\C/C=C\CCCCCCCC(=O)O[C@H](COC(=O)CCCCCCCCCCCCC)COP(=O)([O-])OCC[N+](C)(C)C. The zero-order valence-electron chi connectivity index (χ0n) is 32.8. The second-order valence-corrected chi connectivity index (χ2v) is 16.1. The molecule has 0 saturated carbocycles. The molecule has 0 aliphatic carbocycles. The highest BCUT2D eigenvalue weighted by atomic mass is 31.2. The van der Waals surface area contributed by atoms with E-state index in [1.807, 2.05) is 21.1 Å². The fraction of sp³-hybridized carbons (Fsp3) is 0.850. The second-order valence-electron chi connectivity index (χ2n) is 14.7. The summed E-state index contributed by atoms with van der Waals surface area (Å²) in [6.07, 6.45) is 33.4. The summed E-state index contributed by atoms with van der Waals surface area (Å²) < 4.78 is 33.8. The Bertz CT molecular complexity index is 918. The van der Waals surface area contributed by atoms with Crippen LogP contribution in [0.25, 0.3) is 0 Å². The van der Waals surface area contributed by atoms with Gasteiger partial charge in [0, 0.05) is 12.8 Å². The lowest BCUT2D eigenvalue weighted by Crippen LogP contribution is -2.37. The Kier molecular flexibility index (Phi) is 32.3.